The molecule has 3 aromatic rings. The van der Waals surface area contributed by atoms with Gasteiger partial charge in [0, 0.05) is 13.0 Å². The molecule has 31 heavy (non-hydrogen) atoms. The van der Waals surface area contributed by atoms with Crippen LogP contribution in [0.15, 0.2) is 47.4 Å². The van der Waals surface area contributed by atoms with Gasteiger partial charge in [0.2, 0.25) is 12.7 Å². The average Bonchev–Trinajstić information content (AvgIpc) is 3.44. The number of amides is 2. The smallest absolute Gasteiger partial charge is 0.266 e. The lowest BCUT2D eigenvalue weighted by Crippen LogP contribution is -2.31. The fraction of sp³-hybridized carbons (Fsp3) is 0.143. The molecule has 1 aromatic heterocycles. The summed E-state index contributed by atoms with van der Waals surface area (Å²) < 4.78 is 12.1. The second-order valence-electron chi connectivity index (χ2n) is 6.73. The van der Waals surface area contributed by atoms with E-state index in [0.29, 0.717) is 25.9 Å². The van der Waals surface area contributed by atoms with Gasteiger partial charge in [-0.15, -0.1) is 0 Å². The standard InChI is InChI=1S/C21H15N3O4S3/c25-18(23-20-22-13-3-1-2-4-16(13)30-20)7-8-24-19(26)17(31-21(24)29)10-12-5-6-14-15(9-12)28-11-27-14/h1-6,9-10H,7-8,11H2,(H,22,23,25)/b17-10+. The van der Waals surface area contributed by atoms with E-state index in [0.717, 1.165) is 15.8 Å². The maximum Gasteiger partial charge on any atom is 0.266 e. The second-order valence-corrected chi connectivity index (χ2v) is 9.44. The number of nitrogens with one attached hydrogen (secondary N) is 1. The number of aromatic nitrogens is 1. The number of carbonyl (C=O) groups excluding carboxylic acids is 2. The molecule has 7 nitrogen and oxygen atoms in total. The van der Waals surface area contributed by atoms with Crippen LogP contribution < -0.4 is 14.8 Å². The Bertz CT molecular complexity index is 1220. The number of benzene rings is 2. The molecule has 1 fully saturated rings. The maximum atomic E-state index is 12.8. The monoisotopic (exact) mass is 469 g/mol. The highest BCUT2D eigenvalue weighted by Gasteiger charge is 2.32. The van der Waals surface area contributed by atoms with Crippen LogP contribution >= 0.6 is 35.3 Å². The first kappa shape index (κ1) is 20.0. The summed E-state index contributed by atoms with van der Waals surface area (Å²) in [5, 5.41) is 3.34. The number of thioether (sulfide) groups is 1. The van der Waals surface area contributed by atoms with Crippen molar-refractivity contribution in [3.8, 4) is 11.5 Å². The summed E-state index contributed by atoms with van der Waals surface area (Å²) in [6, 6.07) is 13.2. The average molecular weight is 470 g/mol. The summed E-state index contributed by atoms with van der Waals surface area (Å²) >= 11 is 7.99. The Labute approximate surface area is 191 Å². The van der Waals surface area contributed by atoms with Crippen molar-refractivity contribution in [2.75, 3.05) is 18.7 Å². The molecule has 5 rings (SSSR count). The van der Waals surface area contributed by atoms with Crippen LogP contribution in [0.2, 0.25) is 0 Å². The van der Waals surface area contributed by atoms with Gasteiger partial charge in [0.15, 0.2) is 16.6 Å². The highest BCUT2D eigenvalue weighted by atomic mass is 32.2. The van der Waals surface area contributed by atoms with Gasteiger partial charge in [0.05, 0.1) is 15.1 Å². The fourth-order valence-corrected chi connectivity index (χ4v) is 5.36. The molecular formula is C21H15N3O4S3. The van der Waals surface area contributed by atoms with E-state index in [9.17, 15) is 9.59 Å². The number of thiocarbonyl (C=S) groups is 1. The number of rotatable bonds is 5. The van der Waals surface area contributed by atoms with Crippen molar-refractivity contribution >= 4 is 72.9 Å². The van der Waals surface area contributed by atoms with E-state index in [1.54, 1.807) is 12.1 Å². The molecule has 1 N–H and O–H groups in total. The van der Waals surface area contributed by atoms with Gasteiger partial charge >= 0.3 is 0 Å². The lowest BCUT2D eigenvalue weighted by molar-refractivity contribution is -0.122. The molecule has 0 atom stereocenters. The molecule has 0 spiro atoms. The second kappa shape index (κ2) is 8.29. The van der Waals surface area contributed by atoms with Crippen molar-refractivity contribution in [3.63, 3.8) is 0 Å². The van der Waals surface area contributed by atoms with Crippen molar-refractivity contribution in [2.24, 2.45) is 0 Å². The summed E-state index contributed by atoms with van der Waals surface area (Å²) in [5.41, 5.74) is 1.66. The zero-order valence-electron chi connectivity index (χ0n) is 16.0. The van der Waals surface area contributed by atoms with Crippen LogP contribution in [0.5, 0.6) is 11.5 Å². The minimum Gasteiger partial charge on any atom is -0.454 e. The number of hydrogen-bond acceptors (Lipinski definition) is 8. The molecule has 2 aliphatic heterocycles. The minimum atomic E-state index is -0.215. The maximum absolute atomic E-state index is 12.8. The van der Waals surface area contributed by atoms with Crippen LogP contribution in [0.4, 0.5) is 5.13 Å². The number of ether oxygens (including phenoxy) is 2. The van der Waals surface area contributed by atoms with Crippen molar-refractivity contribution in [2.45, 2.75) is 6.42 Å². The fourth-order valence-electron chi connectivity index (χ4n) is 3.17. The van der Waals surface area contributed by atoms with E-state index >= 15 is 0 Å². The number of thiazole rings is 1. The molecule has 0 unspecified atom stereocenters. The van der Waals surface area contributed by atoms with Crippen LogP contribution in [-0.2, 0) is 9.59 Å². The van der Waals surface area contributed by atoms with Gasteiger partial charge in [-0.25, -0.2) is 4.98 Å². The Balaban J connectivity index is 1.22. The Morgan fingerprint density at radius 3 is 2.94 bits per heavy atom. The third-order valence-electron chi connectivity index (χ3n) is 4.67. The van der Waals surface area contributed by atoms with Gasteiger partial charge in [-0.05, 0) is 35.9 Å². The lowest BCUT2D eigenvalue weighted by Gasteiger charge is -2.13. The highest BCUT2D eigenvalue weighted by molar-refractivity contribution is 8.26. The molecule has 2 aromatic carbocycles. The van der Waals surface area contributed by atoms with Gasteiger partial charge < -0.3 is 14.8 Å². The molecule has 2 amide bonds. The molecule has 0 aliphatic carbocycles. The minimum absolute atomic E-state index is 0.125. The predicted molar refractivity (Wildman–Crippen MR) is 125 cm³/mol. The Hall–Kier alpha value is -2.95. The topological polar surface area (TPSA) is 80.8 Å². The van der Waals surface area contributed by atoms with Gasteiger partial charge in [0.1, 0.15) is 4.32 Å². The van der Waals surface area contributed by atoms with Crippen molar-refractivity contribution in [1.82, 2.24) is 9.88 Å². The Morgan fingerprint density at radius 2 is 2.06 bits per heavy atom. The quantitative estimate of drug-likeness (QED) is 0.442. The van der Waals surface area contributed by atoms with Gasteiger partial charge in [-0.1, -0.05) is 53.5 Å². The molecule has 0 saturated carbocycles. The zero-order chi connectivity index (χ0) is 21.4. The molecule has 3 heterocycles. The van der Waals surface area contributed by atoms with Gasteiger partial charge in [-0.3, -0.25) is 14.5 Å². The van der Waals surface area contributed by atoms with Crippen LogP contribution in [0, 0.1) is 0 Å². The third kappa shape index (κ3) is 4.14. The predicted octanol–water partition coefficient (Wildman–Crippen LogP) is 4.26. The van der Waals surface area contributed by atoms with Crippen molar-refractivity contribution in [3.05, 3.63) is 52.9 Å². The van der Waals surface area contributed by atoms with Crippen LogP contribution in [0.1, 0.15) is 12.0 Å². The van der Waals surface area contributed by atoms with E-state index in [-0.39, 0.29) is 31.6 Å². The SMILES string of the molecule is O=C(CCN1C(=O)/C(=C\c2ccc3c(c2)OCO3)SC1=S)Nc1nc2ccccc2s1. The van der Waals surface area contributed by atoms with Crippen molar-refractivity contribution < 1.29 is 19.1 Å². The van der Waals surface area contributed by atoms with Crippen LogP contribution in [0.25, 0.3) is 16.3 Å². The summed E-state index contributed by atoms with van der Waals surface area (Å²) in [6.45, 7) is 0.403. The first-order chi connectivity index (χ1) is 15.1. The van der Waals surface area contributed by atoms with E-state index in [1.807, 2.05) is 36.4 Å². The molecule has 2 aliphatic rings. The molecule has 0 bridgehead atoms. The highest BCUT2D eigenvalue weighted by Crippen LogP contribution is 2.36. The summed E-state index contributed by atoms with van der Waals surface area (Å²) in [7, 11) is 0. The Morgan fingerprint density at radius 1 is 1.23 bits per heavy atom. The van der Waals surface area contributed by atoms with Gasteiger partial charge in [-0.2, -0.15) is 0 Å². The molecular weight excluding hydrogens is 454 g/mol. The largest absolute Gasteiger partial charge is 0.454 e. The summed E-state index contributed by atoms with van der Waals surface area (Å²) in [5.74, 6) is 0.910. The first-order valence-corrected chi connectivity index (χ1v) is 11.4. The summed E-state index contributed by atoms with van der Waals surface area (Å²) in [4.78, 5) is 31.5. The third-order valence-corrected chi connectivity index (χ3v) is 7.00. The number of carbonyl (C=O) groups is 2. The molecule has 1 saturated heterocycles. The van der Waals surface area contributed by atoms with Crippen LogP contribution in [0.3, 0.4) is 0 Å². The molecule has 156 valence electrons. The number of fused-ring (bicyclic) bond motifs is 2. The van der Waals surface area contributed by atoms with Gasteiger partial charge in [0.25, 0.3) is 5.91 Å². The Kier molecular flexibility index (Phi) is 5.34. The van der Waals surface area contributed by atoms with E-state index in [4.69, 9.17) is 21.7 Å². The number of anilines is 1. The van der Waals surface area contributed by atoms with E-state index in [1.165, 1.54) is 28.0 Å². The van der Waals surface area contributed by atoms with Crippen LogP contribution in [-0.4, -0.2) is 39.4 Å². The number of hydrogen-bond donors (Lipinski definition) is 1. The molecule has 10 heteroatoms. The van der Waals surface area contributed by atoms with E-state index < -0.39 is 0 Å². The number of nitrogens with zero attached hydrogens (tertiary/aromatic N) is 2. The summed E-state index contributed by atoms with van der Waals surface area (Å²) in [6.07, 6.45) is 1.89. The molecule has 0 radical (unpaired) electrons. The normalized spacial score (nSPS) is 16.5. The number of para-hydroxylation sites is 1. The zero-order valence-corrected chi connectivity index (χ0v) is 18.4. The van der Waals surface area contributed by atoms with Crippen molar-refractivity contribution in [1.29, 1.82) is 0 Å². The first-order valence-electron chi connectivity index (χ1n) is 9.37. The van der Waals surface area contributed by atoms with E-state index in [2.05, 4.69) is 10.3 Å². The lowest BCUT2D eigenvalue weighted by atomic mass is 10.2.